The van der Waals surface area contributed by atoms with Gasteiger partial charge in [-0.2, -0.15) is 0 Å². The van der Waals surface area contributed by atoms with Gasteiger partial charge in [-0.05, 0) is 0 Å². The maximum absolute atomic E-state index is 11.8. The minimum atomic E-state index is -0.402. The summed E-state index contributed by atoms with van der Waals surface area (Å²) in [6.45, 7) is 3.00. The first-order valence-corrected chi connectivity index (χ1v) is 6.08. The van der Waals surface area contributed by atoms with Gasteiger partial charge in [0.05, 0.1) is 13.2 Å². The van der Waals surface area contributed by atoms with Crippen LogP contribution in [0.2, 0.25) is 0 Å². The molecule has 0 aromatic carbocycles. The lowest BCUT2D eigenvalue weighted by Crippen LogP contribution is -2.64. The molecule has 8 heteroatoms. The number of nitrogens with one attached hydrogen (secondary N) is 3. The van der Waals surface area contributed by atoms with E-state index in [1.165, 1.54) is 4.90 Å². The van der Waals surface area contributed by atoms with E-state index < -0.39 is 6.04 Å². The van der Waals surface area contributed by atoms with Gasteiger partial charge in [0.2, 0.25) is 5.91 Å². The van der Waals surface area contributed by atoms with Gasteiger partial charge in [-0.15, -0.1) is 0 Å². The standard InChI is InChI=1S/C10H17N5O3/c1-14-7-6(8(16)13-10(14)17)11-9(12-7)15-2-4-18-5-3-15/h6-7,9,11-12H,2-5H2,1H3,(H,13,16,17). The molecule has 3 unspecified atom stereocenters. The molecule has 3 aliphatic heterocycles. The molecule has 0 spiro atoms. The number of likely N-dealkylation sites (N-methyl/N-ethyl adjacent to an activating group) is 1. The molecule has 3 rings (SSSR count). The Morgan fingerprint density at radius 1 is 1.22 bits per heavy atom. The van der Waals surface area contributed by atoms with E-state index in [1.54, 1.807) is 7.05 Å². The van der Waals surface area contributed by atoms with Gasteiger partial charge in [0.1, 0.15) is 18.5 Å². The fourth-order valence-electron chi connectivity index (χ4n) is 2.57. The first kappa shape index (κ1) is 11.8. The Morgan fingerprint density at radius 3 is 2.67 bits per heavy atom. The van der Waals surface area contributed by atoms with Crippen LogP contribution in [-0.4, -0.2) is 73.6 Å². The van der Waals surface area contributed by atoms with Crippen LogP contribution >= 0.6 is 0 Å². The van der Waals surface area contributed by atoms with Gasteiger partial charge in [-0.3, -0.25) is 25.6 Å². The van der Waals surface area contributed by atoms with Crippen LogP contribution in [0.15, 0.2) is 0 Å². The molecule has 3 aliphatic rings. The Morgan fingerprint density at radius 2 is 1.94 bits per heavy atom. The highest BCUT2D eigenvalue weighted by atomic mass is 16.5. The highest BCUT2D eigenvalue weighted by Crippen LogP contribution is 2.15. The number of carbonyl (C=O) groups is 2. The normalized spacial score (nSPS) is 37.6. The number of carbonyl (C=O) groups excluding carboxylic acids is 2. The summed E-state index contributed by atoms with van der Waals surface area (Å²) in [5.41, 5.74) is 0. The Kier molecular flexibility index (Phi) is 2.94. The van der Waals surface area contributed by atoms with Gasteiger partial charge < -0.3 is 9.64 Å². The zero-order chi connectivity index (χ0) is 12.7. The molecule has 0 aromatic rings. The number of rotatable bonds is 1. The Hall–Kier alpha value is -1.22. The van der Waals surface area contributed by atoms with Crippen molar-refractivity contribution < 1.29 is 14.3 Å². The number of urea groups is 1. The molecule has 3 amide bonds. The summed E-state index contributed by atoms with van der Waals surface area (Å²) in [7, 11) is 1.68. The quantitative estimate of drug-likeness (QED) is 0.487. The van der Waals surface area contributed by atoms with Gasteiger partial charge in [0, 0.05) is 20.1 Å². The average molecular weight is 255 g/mol. The van der Waals surface area contributed by atoms with Crippen LogP contribution in [0.25, 0.3) is 0 Å². The topological polar surface area (TPSA) is 85.9 Å². The molecule has 0 radical (unpaired) electrons. The van der Waals surface area contributed by atoms with Gasteiger partial charge in [0.25, 0.3) is 0 Å². The number of amides is 3. The summed E-state index contributed by atoms with van der Waals surface area (Å²) in [5.74, 6) is -0.272. The monoisotopic (exact) mass is 255 g/mol. The SMILES string of the molecule is CN1C(=O)NC(=O)C2NC(N3CCOCC3)NC21. The summed E-state index contributed by atoms with van der Waals surface area (Å²) in [6.07, 6.45) is -0.387. The third-order valence-corrected chi connectivity index (χ3v) is 3.64. The van der Waals surface area contributed by atoms with E-state index in [4.69, 9.17) is 4.74 Å². The minimum absolute atomic E-state index is 0.0944. The second-order valence-electron chi connectivity index (χ2n) is 4.71. The predicted molar refractivity (Wildman–Crippen MR) is 61.3 cm³/mol. The lowest BCUT2D eigenvalue weighted by atomic mass is 10.2. The van der Waals surface area contributed by atoms with E-state index in [1.807, 2.05) is 0 Å². The molecule has 0 aromatic heterocycles. The molecule has 3 saturated heterocycles. The summed E-state index contributed by atoms with van der Waals surface area (Å²) in [5, 5.41) is 8.82. The molecule has 0 bridgehead atoms. The molecule has 0 aliphatic carbocycles. The zero-order valence-corrected chi connectivity index (χ0v) is 10.2. The van der Waals surface area contributed by atoms with Gasteiger partial charge >= 0.3 is 6.03 Å². The molecule has 3 heterocycles. The van der Waals surface area contributed by atoms with Gasteiger partial charge in [-0.25, -0.2) is 4.79 Å². The number of imide groups is 1. The zero-order valence-electron chi connectivity index (χ0n) is 10.2. The van der Waals surface area contributed by atoms with Crippen molar-refractivity contribution in [3.8, 4) is 0 Å². The van der Waals surface area contributed by atoms with Crippen LogP contribution in [0.5, 0.6) is 0 Å². The minimum Gasteiger partial charge on any atom is -0.379 e. The third kappa shape index (κ3) is 1.87. The van der Waals surface area contributed by atoms with Crippen molar-refractivity contribution in [3.05, 3.63) is 0 Å². The van der Waals surface area contributed by atoms with Crippen molar-refractivity contribution >= 4 is 11.9 Å². The predicted octanol–water partition coefficient (Wildman–Crippen LogP) is -2.33. The largest absolute Gasteiger partial charge is 0.379 e. The van der Waals surface area contributed by atoms with Crippen molar-refractivity contribution in [2.45, 2.75) is 18.5 Å². The van der Waals surface area contributed by atoms with E-state index in [9.17, 15) is 9.59 Å². The second kappa shape index (κ2) is 4.47. The molecule has 18 heavy (non-hydrogen) atoms. The van der Waals surface area contributed by atoms with E-state index >= 15 is 0 Å². The maximum atomic E-state index is 11.8. The summed E-state index contributed by atoms with van der Waals surface area (Å²) in [4.78, 5) is 27.0. The first-order chi connectivity index (χ1) is 8.66. The van der Waals surface area contributed by atoms with Gasteiger partial charge in [0.15, 0.2) is 0 Å². The first-order valence-electron chi connectivity index (χ1n) is 6.08. The van der Waals surface area contributed by atoms with Crippen LogP contribution < -0.4 is 16.0 Å². The number of hydrogen-bond donors (Lipinski definition) is 3. The smallest absolute Gasteiger partial charge is 0.325 e. The van der Waals surface area contributed by atoms with Crippen LogP contribution in [-0.2, 0) is 9.53 Å². The third-order valence-electron chi connectivity index (χ3n) is 3.64. The molecular weight excluding hydrogens is 238 g/mol. The van der Waals surface area contributed by atoms with Crippen molar-refractivity contribution in [1.29, 1.82) is 0 Å². The van der Waals surface area contributed by atoms with E-state index in [-0.39, 0.29) is 24.4 Å². The second-order valence-corrected chi connectivity index (χ2v) is 4.71. The molecule has 0 saturated carbocycles. The van der Waals surface area contributed by atoms with E-state index in [0.717, 1.165) is 13.1 Å². The van der Waals surface area contributed by atoms with Crippen molar-refractivity contribution in [1.82, 2.24) is 25.8 Å². The molecule has 3 fully saturated rings. The van der Waals surface area contributed by atoms with Crippen molar-refractivity contribution in [2.24, 2.45) is 0 Å². The lowest BCUT2D eigenvalue weighted by Gasteiger charge is -2.33. The Balaban J connectivity index is 1.72. The fourth-order valence-corrected chi connectivity index (χ4v) is 2.57. The van der Waals surface area contributed by atoms with Crippen LogP contribution in [0.4, 0.5) is 4.79 Å². The number of hydrogen-bond acceptors (Lipinski definition) is 6. The lowest BCUT2D eigenvalue weighted by molar-refractivity contribution is -0.124. The number of morpholine rings is 1. The molecule has 3 atom stereocenters. The summed E-state index contributed by atoms with van der Waals surface area (Å²) >= 11 is 0. The van der Waals surface area contributed by atoms with Gasteiger partial charge in [-0.1, -0.05) is 0 Å². The fraction of sp³-hybridized carbons (Fsp3) is 0.800. The number of ether oxygens (including phenoxy) is 1. The molecule has 8 nitrogen and oxygen atoms in total. The maximum Gasteiger partial charge on any atom is 0.325 e. The Bertz CT molecular complexity index is 371. The highest BCUT2D eigenvalue weighted by molar-refractivity contribution is 6.00. The summed E-state index contributed by atoms with van der Waals surface area (Å²) < 4.78 is 5.30. The Labute approximate surface area is 105 Å². The van der Waals surface area contributed by atoms with E-state index in [0.29, 0.717) is 13.2 Å². The number of fused-ring (bicyclic) bond motifs is 1. The van der Waals surface area contributed by atoms with Crippen LogP contribution in [0.1, 0.15) is 0 Å². The number of nitrogens with zero attached hydrogens (tertiary/aromatic N) is 2. The van der Waals surface area contributed by atoms with Crippen molar-refractivity contribution in [3.63, 3.8) is 0 Å². The highest BCUT2D eigenvalue weighted by Gasteiger charge is 2.47. The van der Waals surface area contributed by atoms with E-state index in [2.05, 4.69) is 20.9 Å². The molecule has 100 valence electrons. The van der Waals surface area contributed by atoms with Crippen molar-refractivity contribution in [2.75, 3.05) is 33.4 Å². The average Bonchev–Trinajstić information content (AvgIpc) is 2.83. The van der Waals surface area contributed by atoms with Crippen LogP contribution in [0, 0.1) is 0 Å². The molecule has 3 N–H and O–H groups in total. The van der Waals surface area contributed by atoms with Crippen LogP contribution in [0.3, 0.4) is 0 Å². The molecular formula is C10H17N5O3. The summed E-state index contributed by atoms with van der Waals surface area (Å²) in [6, 6.07) is -0.765.